The van der Waals surface area contributed by atoms with Crippen molar-refractivity contribution < 1.29 is 9.53 Å². The van der Waals surface area contributed by atoms with Gasteiger partial charge < -0.3 is 20.7 Å². The summed E-state index contributed by atoms with van der Waals surface area (Å²) >= 11 is 0. The normalized spacial score (nSPS) is 30.2. The van der Waals surface area contributed by atoms with Gasteiger partial charge in [0.2, 0.25) is 5.91 Å². The van der Waals surface area contributed by atoms with Gasteiger partial charge in [0.15, 0.2) is 5.96 Å². The minimum Gasteiger partial charge on any atom is -0.378 e. The fourth-order valence-electron chi connectivity index (χ4n) is 4.89. The third-order valence-electron chi connectivity index (χ3n) is 6.36. The number of guanidine groups is 1. The maximum Gasteiger partial charge on any atom is 0.217 e. The first-order valence-corrected chi connectivity index (χ1v) is 10.0. The van der Waals surface area contributed by atoms with Crippen molar-refractivity contribution in [3.8, 4) is 0 Å². The summed E-state index contributed by atoms with van der Waals surface area (Å²) < 4.78 is 5.97. The van der Waals surface area contributed by atoms with Gasteiger partial charge in [-0.1, -0.05) is 6.42 Å². The highest BCUT2D eigenvalue weighted by Gasteiger charge is 2.59. The Morgan fingerprint density at radius 1 is 1.35 bits per heavy atom. The minimum atomic E-state index is -0.194. The molecule has 7 heteroatoms. The number of nitrogens with two attached hydrogens (primary N) is 1. The van der Waals surface area contributed by atoms with Gasteiger partial charge in [-0.05, 0) is 51.9 Å². The van der Waals surface area contributed by atoms with E-state index in [0.29, 0.717) is 29.9 Å². The molecular formula is C19H35IN4O2. The van der Waals surface area contributed by atoms with Gasteiger partial charge in [0, 0.05) is 44.1 Å². The fourth-order valence-corrected chi connectivity index (χ4v) is 4.89. The van der Waals surface area contributed by atoms with Crippen LogP contribution < -0.4 is 11.1 Å². The smallest absolute Gasteiger partial charge is 0.217 e. The summed E-state index contributed by atoms with van der Waals surface area (Å²) in [5, 5.41) is 3.76. The van der Waals surface area contributed by atoms with Gasteiger partial charge >= 0.3 is 0 Å². The van der Waals surface area contributed by atoms with Crippen molar-refractivity contribution in [2.75, 3.05) is 26.2 Å². The topological polar surface area (TPSA) is 80.0 Å². The van der Waals surface area contributed by atoms with Crippen LogP contribution in [-0.4, -0.2) is 55.2 Å². The number of piperidine rings is 1. The van der Waals surface area contributed by atoms with Crippen molar-refractivity contribution in [1.29, 1.82) is 0 Å². The van der Waals surface area contributed by atoms with E-state index in [-0.39, 0.29) is 29.9 Å². The Labute approximate surface area is 174 Å². The van der Waals surface area contributed by atoms with Crippen molar-refractivity contribution in [1.82, 2.24) is 10.2 Å². The predicted molar refractivity (Wildman–Crippen MR) is 115 cm³/mol. The molecule has 0 aromatic rings. The van der Waals surface area contributed by atoms with Crippen molar-refractivity contribution in [3.05, 3.63) is 0 Å². The number of amides is 1. The second-order valence-electron chi connectivity index (χ2n) is 7.89. The van der Waals surface area contributed by atoms with Crippen molar-refractivity contribution >= 4 is 35.8 Å². The highest BCUT2D eigenvalue weighted by Crippen LogP contribution is 2.57. The SMILES string of the molecule is CCN=C(NC1CC(OCC)C12CCC2)N1CCCC(CC(N)=O)C1.I. The van der Waals surface area contributed by atoms with Gasteiger partial charge in [-0.2, -0.15) is 0 Å². The zero-order valence-corrected chi connectivity index (χ0v) is 18.5. The van der Waals surface area contributed by atoms with E-state index in [4.69, 9.17) is 15.5 Å². The molecule has 3 unspecified atom stereocenters. The molecule has 3 fully saturated rings. The Morgan fingerprint density at radius 2 is 2.12 bits per heavy atom. The summed E-state index contributed by atoms with van der Waals surface area (Å²) in [6.45, 7) is 7.63. The molecule has 1 saturated heterocycles. The number of nitrogens with one attached hydrogen (secondary N) is 1. The van der Waals surface area contributed by atoms with Gasteiger partial charge in [-0.15, -0.1) is 24.0 Å². The molecule has 0 radical (unpaired) electrons. The summed E-state index contributed by atoms with van der Waals surface area (Å²) in [5.41, 5.74) is 5.73. The molecule has 0 aromatic heterocycles. The maximum absolute atomic E-state index is 11.3. The second-order valence-corrected chi connectivity index (χ2v) is 7.89. The fraction of sp³-hybridized carbons (Fsp3) is 0.895. The Balaban J connectivity index is 0.00000243. The van der Waals surface area contributed by atoms with Gasteiger partial charge in [0.05, 0.1) is 6.10 Å². The lowest BCUT2D eigenvalue weighted by atomic mass is 9.51. The van der Waals surface area contributed by atoms with Crippen molar-refractivity contribution in [3.63, 3.8) is 0 Å². The molecule has 3 rings (SSSR count). The van der Waals surface area contributed by atoms with E-state index in [0.717, 1.165) is 51.5 Å². The molecule has 3 atom stereocenters. The molecule has 3 N–H and O–H groups in total. The molecule has 1 aliphatic heterocycles. The zero-order chi connectivity index (χ0) is 17.9. The molecule has 26 heavy (non-hydrogen) atoms. The summed E-state index contributed by atoms with van der Waals surface area (Å²) in [7, 11) is 0. The average molecular weight is 478 g/mol. The maximum atomic E-state index is 11.3. The van der Waals surface area contributed by atoms with Crippen LogP contribution in [-0.2, 0) is 9.53 Å². The number of halogens is 1. The van der Waals surface area contributed by atoms with Gasteiger partial charge in [-0.25, -0.2) is 0 Å². The number of carbonyl (C=O) groups excluding carboxylic acids is 1. The molecule has 1 spiro atoms. The molecule has 0 aromatic carbocycles. The van der Waals surface area contributed by atoms with Crippen LogP contribution in [0.2, 0.25) is 0 Å². The Morgan fingerprint density at radius 3 is 2.69 bits per heavy atom. The van der Waals surface area contributed by atoms with E-state index in [9.17, 15) is 4.79 Å². The summed E-state index contributed by atoms with van der Waals surface area (Å²) in [6.07, 6.45) is 7.99. The first-order chi connectivity index (χ1) is 12.1. The monoisotopic (exact) mass is 478 g/mol. The van der Waals surface area contributed by atoms with Crippen molar-refractivity contribution in [2.24, 2.45) is 22.1 Å². The first-order valence-electron chi connectivity index (χ1n) is 10.0. The van der Waals surface area contributed by atoms with Crippen LogP contribution >= 0.6 is 24.0 Å². The predicted octanol–water partition coefficient (Wildman–Crippen LogP) is 2.50. The Hall–Kier alpha value is -0.570. The molecule has 2 saturated carbocycles. The number of rotatable bonds is 6. The van der Waals surface area contributed by atoms with Crippen LogP contribution in [0.5, 0.6) is 0 Å². The molecule has 2 aliphatic carbocycles. The number of ether oxygens (including phenoxy) is 1. The van der Waals surface area contributed by atoms with E-state index in [2.05, 4.69) is 24.1 Å². The minimum absolute atomic E-state index is 0. The van der Waals surface area contributed by atoms with Crippen LogP contribution in [0.25, 0.3) is 0 Å². The van der Waals surface area contributed by atoms with E-state index >= 15 is 0 Å². The van der Waals surface area contributed by atoms with Gasteiger partial charge in [-0.3, -0.25) is 9.79 Å². The van der Waals surface area contributed by atoms with Gasteiger partial charge in [0.1, 0.15) is 0 Å². The molecule has 6 nitrogen and oxygen atoms in total. The molecule has 0 bridgehead atoms. The number of hydrogen-bond acceptors (Lipinski definition) is 3. The van der Waals surface area contributed by atoms with Crippen molar-refractivity contribution in [2.45, 2.75) is 70.9 Å². The first kappa shape index (κ1) is 21.7. The standard InChI is InChI=1S/C19H34N4O2.HI/c1-3-21-18(23-10-5-7-14(13-23)11-17(20)24)22-15-12-16(25-4-2)19(15)8-6-9-19;/h14-16H,3-13H2,1-2H3,(H2,20,24)(H,21,22);1H. The number of carbonyl (C=O) groups is 1. The number of hydrogen-bond donors (Lipinski definition) is 2. The third-order valence-corrected chi connectivity index (χ3v) is 6.36. The van der Waals surface area contributed by atoms with Crippen LogP contribution in [0.15, 0.2) is 4.99 Å². The van der Waals surface area contributed by atoms with E-state index < -0.39 is 0 Å². The third kappa shape index (κ3) is 4.46. The highest BCUT2D eigenvalue weighted by molar-refractivity contribution is 14.0. The highest BCUT2D eigenvalue weighted by atomic mass is 127. The van der Waals surface area contributed by atoms with Gasteiger partial charge in [0.25, 0.3) is 0 Å². The van der Waals surface area contributed by atoms with Crippen LogP contribution in [0.4, 0.5) is 0 Å². The lowest BCUT2D eigenvalue weighted by molar-refractivity contribution is -0.169. The molecular weight excluding hydrogens is 443 g/mol. The summed E-state index contributed by atoms with van der Waals surface area (Å²) in [4.78, 5) is 18.4. The Bertz CT molecular complexity index is 510. The molecule has 3 aliphatic rings. The number of likely N-dealkylation sites (tertiary alicyclic amines) is 1. The van der Waals surface area contributed by atoms with Crippen LogP contribution in [0.1, 0.15) is 58.8 Å². The van der Waals surface area contributed by atoms with E-state index in [1.54, 1.807) is 0 Å². The quantitative estimate of drug-likeness (QED) is 0.349. The summed E-state index contributed by atoms with van der Waals surface area (Å²) in [5.74, 6) is 1.17. The van der Waals surface area contributed by atoms with E-state index in [1.807, 2.05) is 0 Å². The number of nitrogens with zero attached hydrogens (tertiary/aromatic N) is 2. The summed E-state index contributed by atoms with van der Waals surface area (Å²) in [6, 6.07) is 0.472. The molecule has 150 valence electrons. The molecule has 1 amide bonds. The van der Waals surface area contributed by atoms with Crippen LogP contribution in [0, 0.1) is 11.3 Å². The van der Waals surface area contributed by atoms with Crippen LogP contribution in [0.3, 0.4) is 0 Å². The Kier molecular flexibility index (Phi) is 8.00. The lowest BCUT2D eigenvalue weighted by Gasteiger charge is -2.61. The largest absolute Gasteiger partial charge is 0.378 e. The number of primary amides is 1. The molecule has 1 heterocycles. The lowest BCUT2D eigenvalue weighted by Crippen LogP contribution is -2.69. The number of aliphatic imine (C=N–C) groups is 1. The van der Waals surface area contributed by atoms with E-state index in [1.165, 1.54) is 19.3 Å². The zero-order valence-electron chi connectivity index (χ0n) is 16.2. The second kappa shape index (κ2) is 9.57. The average Bonchev–Trinajstić information content (AvgIpc) is 2.51.